The molecule has 1 aromatic carbocycles. The Morgan fingerprint density at radius 2 is 2.22 bits per heavy atom. The molecule has 3 rings (SSSR count). The van der Waals surface area contributed by atoms with E-state index in [0.717, 1.165) is 31.4 Å². The lowest BCUT2D eigenvalue weighted by molar-refractivity contribution is 0.0986. The number of anilines is 1. The van der Waals surface area contributed by atoms with Crippen molar-refractivity contribution in [2.24, 2.45) is 0 Å². The first-order valence-corrected chi connectivity index (χ1v) is 8.66. The van der Waals surface area contributed by atoms with Gasteiger partial charge in [0.25, 0.3) is 5.91 Å². The molecule has 0 N–H and O–H groups in total. The van der Waals surface area contributed by atoms with Crippen LogP contribution < -0.4 is 4.90 Å². The first-order valence-electron chi connectivity index (χ1n) is 7.46. The van der Waals surface area contributed by atoms with Crippen LogP contribution in [0.15, 0.2) is 30.9 Å². The van der Waals surface area contributed by atoms with E-state index in [9.17, 15) is 9.18 Å². The molecule has 0 aliphatic heterocycles. The molecule has 6 heteroatoms. The van der Waals surface area contributed by atoms with Gasteiger partial charge in [0.2, 0.25) is 0 Å². The molecule has 1 aliphatic rings. The van der Waals surface area contributed by atoms with Gasteiger partial charge in [0, 0.05) is 16.4 Å². The number of amides is 1. The van der Waals surface area contributed by atoms with E-state index in [1.165, 1.54) is 39.3 Å². The van der Waals surface area contributed by atoms with E-state index in [-0.39, 0.29) is 12.1 Å². The van der Waals surface area contributed by atoms with Crippen LogP contribution in [-0.4, -0.2) is 17.4 Å². The maximum atomic E-state index is 14.0. The van der Waals surface area contributed by atoms with Gasteiger partial charge in [-0.05, 0) is 43.9 Å². The minimum Gasteiger partial charge on any atom is -0.280 e. The number of benzene rings is 1. The van der Waals surface area contributed by atoms with Crippen LogP contribution >= 0.6 is 22.9 Å². The quantitative estimate of drug-likeness (QED) is 0.752. The number of aryl methyl sites for hydroxylation is 2. The lowest BCUT2D eigenvalue weighted by atomic mass is 10.0. The highest BCUT2D eigenvalue weighted by atomic mass is 35.5. The van der Waals surface area contributed by atoms with Crippen molar-refractivity contribution in [1.82, 2.24) is 4.98 Å². The third kappa shape index (κ3) is 3.31. The van der Waals surface area contributed by atoms with Crippen molar-refractivity contribution < 1.29 is 9.18 Å². The smallest absolute Gasteiger partial charge is 0.263 e. The standard InChI is InChI=1S/C17H16ClFN2OS/c1-2-9-21(16(22)12-10-11(18)7-8-13(12)19)17-20-14-5-3-4-6-15(14)23-17/h2,7-8,10H,1,3-6,9H2. The zero-order valence-corrected chi connectivity index (χ0v) is 14.1. The van der Waals surface area contributed by atoms with Gasteiger partial charge in [-0.15, -0.1) is 17.9 Å². The normalized spacial score (nSPS) is 13.5. The van der Waals surface area contributed by atoms with Crippen LogP contribution in [0.5, 0.6) is 0 Å². The molecule has 0 bridgehead atoms. The third-order valence-corrected chi connectivity index (χ3v) is 5.20. The van der Waals surface area contributed by atoms with Crippen molar-refractivity contribution in [1.29, 1.82) is 0 Å². The van der Waals surface area contributed by atoms with Crippen molar-refractivity contribution in [2.45, 2.75) is 25.7 Å². The van der Waals surface area contributed by atoms with Gasteiger partial charge in [-0.3, -0.25) is 9.69 Å². The number of aromatic nitrogens is 1. The molecule has 0 saturated heterocycles. The average Bonchev–Trinajstić information content (AvgIpc) is 2.98. The number of nitrogens with zero attached hydrogens (tertiary/aromatic N) is 2. The topological polar surface area (TPSA) is 33.2 Å². The third-order valence-electron chi connectivity index (χ3n) is 3.78. The van der Waals surface area contributed by atoms with Crippen LogP contribution in [0.3, 0.4) is 0 Å². The Bertz CT molecular complexity index is 736. The molecule has 1 heterocycles. The first-order chi connectivity index (χ1) is 11.1. The fraction of sp³-hybridized carbons (Fsp3) is 0.294. The van der Waals surface area contributed by atoms with Crippen LogP contribution in [-0.2, 0) is 12.8 Å². The molecule has 0 fully saturated rings. The van der Waals surface area contributed by atoms with E-state index >= 15 is 0 Å². The molecular weight excluding hydrogens is 335 g/mol. The molecule has 120 valence electrons. The van der Waals surface area contributed by atoms with Gasteiger partial charge in [-0.2, -0.15) is 0 Å². The van der Waals surface area contributed by atoms with Gasteiger partial charge in [0.1, 0.15) is 5.82 Å². The molecule has 1 aromatic heterocycles. The molecule has 1 amide bonds. The number of carbonyl (C=O) groups is 1. The fourth-order valence-corrected chi connectivity index (χ4v) is 3.97. The van der Waals surface area contributed by atoms with Crippen LogP contribution in [0.25, 0.3) is 0 Å². The van der Waals surface area contributed by atoms with Gasteiger partial charge in [-0.25, -0.2) is 9.37 Å². The van der Waals surface area contributed by atoms with Crippen molar-refractivity contribution in [3.05, 3.63) is 57.8 Å². The molecule has 0 atom stereocenters. The van der Waals surface area contributed by atoms with Crippen molar-refractivity contribution in [3.63, 3.8) is 0 Å². The summed E-state index contributed by atoms with van der Waals surface area (Å²) in [6, 6.07) is 3.98. The number of carbonyl (C=O) groups excluding carboxylic acids is 1. The molecule has 0 saturated carbocycles. The highest BCUT2D eigenvalue weighted by Gasteiger charge is 2.25. The van der Waals surface area contributed by atoms with Crippen molar-refractivity contribution >= 4 is 34.0 Å². The number of hydrogen-bond donors (Lipinski definition) is 0. The SMILES string of the molecule is C=CCN(C(=O)c1cc(Cl)ccc1F)c1nc2c(s1)CCCC2. The average molecular weight is 351 g/mol. The molecule has 0 radical (unpaired) electrons. The number of halogens is 2. The predicted octanol–water partition coefficient (Wildman–Crippen LogP) is 4.65. The zero-order chi connectivity index (χ0) is 16.4. The number of thiazole rings is 1. The summed E-state index contributed by atoms with van der Waals surface area (Å²) in [4.78, 5) is 20.0. The second-order valence-corrected chi connectivity index (χ2v) is 6.90. The summed E-state index contributed by atoms with van der Waals surface area (Å²) in [6.45, 7) is 3.96. The molecule has 23 heavy (non-hydrogen) atoms. The second-order valence-electron chi connectivity index (χ2n) is 5.40. The van der Waals surface area contributed by atoms with Crippen LogP contribution in [0, 0.1) is 5.82 Å². The second kappa shape index (κ2) is 6.81. The highest BCUT2D eigenvalue weighted by molar-refractivity contribution is 7.16. The number of hydrogen-bond acceptors (Lipinski definition) is 3. The molecule has 0 spiro atoms. The Morgan fingerprint density at radius 3 is 2.96 bits per heavy atom. The summed E-state index contributed by atoms with van der Waals surface area (Å²) < 4.78 is 14.0. The molecule has 0 unspecified atom stereocenters. The summed E-state index contributed by atoms with van der Waals surface area (Å²) in [5.74, 6) is -1.04. The summed E-state index contributed by atoms with van der Waals surface area (Å²) in [7, 11) is 0. The van der Waals surface area contributed by atoms with Crippen LogP contribution in [0.2, 0.25) is 5.02 Å². The van der Waals surface area contributed by atoms with E-state index in [0.29, 0.717) is 10.2 Å². The summed E-state index contributed by atoms with van der Waals surface area (Å²) in [6.07, 6.45) is 5.81. The van der Waals surface area contributed by atoms with E-state index < -0.39 is 11.7 Å². The Balaban J connectivity index is 1.97. The Morgan fingerprint density at radius 1 is 1.43 bits per heavy atom. The molecule has 2 aromatic rings. The lowest BCUT2D eigenvalue weighted by Crippen LogP contribution is -2.31. The largest absolute Gasteiger partial charge is 0.280 e. The maximum absolute atomic E-state index is 14.0. The van der Waals surface area contributed by atoms with Gasteiger partial charge in [-0.1, -0.05) is 17.7 Å². The number of rotatable bonds is 4. The minimum atomic E-state index is -0.588. The molecule has 1 aliphatic carbocycles. The monoisotopic (exact) mass is 350 g/mol. The molecular formula is C17H16ClFN2OS. The summed E-state index contributed by atoms with van der Waals surface area (Å²) in [5, 5.41) is 0.924. The van der Waals surface area contributed by atoms with E-state index in [1.807, 2.05) is 0 Å². The highest BCUT2D eigenvalue weighted by Crippen LogP contribution is 2.32. The Kier molecular flexibility index (Phi) is 4.78. The van der Waals surface area contributed by atoms with Crippen molar-refractivity contribution in [2.75, 3.05) is 11.4 Å². The summed E-state index contributed by atoms with van der Waals surface area (Å²) >= 11 is 7.41. The fourth-order valence-electron chi connectivity index (χ4n) is 2.64. The van der Waals surface area contributed by atoms with E-state index in [4.69, 9.17) is 11.6 Å². The molecule has 3 nitrogen and oxygen atoms in total. The maximum Gasteiger partial charge on any atom is 0.263 e. The van der Waals surface area contributed by atoms with Gasteiger partial charge in [0.05, 0.1) is 11.3 Å². The summed E-state index contributed by atoms with van der Waals surface area (Å²) in [5.41, 5.74) is 1.01. The van der Waals surface area contributed by atoms with Crippen molar-refractivity contribution in [3.8, 4) is 0 Å². The van der Waals surface area contributed by atoms with E-state index in [1.54, 1.807) is 6.08 Å². The van der Waals surface area contributed by atoms with Crippen LogP contribution in [0.4, 0.5) is 9.52 Å². The zero-order valence-electron chi connectivity index (χ0n) is 12.5. The van der Waals surface area contributed by atoms with Gasteiger partial charge >= 0.3 is 0 Å². The lowest BCUT2D eigenvalue weighted by Gasteiger charge is -2.18. The van der Waals surface area contributed by atoms with Gasteiger partial charge < -0.3 is 0 Å². The predicted molar refractivity (Wildman–Crippen MR) is 92.0 cm³/mol. The van der Waals surface area contributed by atoms with Crippen LogP contribution in [0.1, 0.15) is 33.8 Å². The minimum absolute atomic E-state index is 0.0486. The first kappa shape index (κ1) is 16.1. The Labute approximate surface area is 143 Å². The Hall–Kier alpha value is -1.72. The van der Waals surface area contributed by atoms with Gasteiger partial charge in [0.15, 0.2) is 5.13 Å². The number of fused-ring (bicyclic) bond motifs is 1. The van der Waals surface area contributed by atoms with E-state index in [2.05, 4.69) is 11.6 Å².